The van der Waals surface area contributed by atoms with Crippen LogP contribution >= 0.6 is 0 Å². The Labute approximate surface area is 127 Å². The van der Waals surface area contributed by atoms with Crippen LogP contribution in [0.25, 0.3) is 0 Å². The number of nitrogens with zero attached hydrogens (tertiary/aromatic N) is 2. The predicted octanol–water partition coefficient (Wildman–Crippen LogP) is 1.46. The van der Waals surface area contributed by atoms with Crippen molar-refractivity contribution in [1.82, 2.24) is 9.80 Å². The number of ether oxygens (including phenoxy) is 1. The maximum absolute atomic E-state index is 11.5. The van der Waals surface area contributed by atoms with Gasteiger partial charge in [-0.1, -0.05) is 6.92 Å². The molecule has 0 bridgehead atoms. The van der Waals surface area contributed by atoms with E-state index in [4.69, 9.17) is 4.74 Å². The molecule has 0 atom stereocenters. The molecule has 5 heteroatoms. The summed E-state index contributed by atoms with van der Waals surface area (Å²) in [4.78, 5) is 26.9. The number of Topliss-reactive ketones (excluding diaryl/α,β-unsaturated/α-hetero) is 1. The topological polar surface area (TPSA) is 49.9 Å². The van der Waals surface area contributed by atoms with Gasteiger partial charge in [-0.15, -0.1) is 0 Å². The minimum absolute atomic E-state index is 0.169. The number of ketones is 1. The van der Waals surface area contributed by atoms with Gasteiger partial charge in [0.15, 0.2) is 0 Å². The number of hydrogen-bond donors (Lipinski definition) is 0. The highest BCUT2D eigenvalue weighted by Gasteiger charge is 2.26. The first-order valence-corrected chi connectivity index (χ1v) is 8.23. The lowest BCUT2D eigenvalue weighted by Crippen LogP contribution is -2.44. The summed E-state index contributed by atoms with van der Waals surface area (Å²) in [5.41, 5.74) is 0. The lowest BCUT2D eigenvalue weighted by Gasteiger charge is -2.36. The first kappa shape index (κ1) is 16.4. The van der Waals surface area contributed by atoms with E-state index >= 15 is 0 Å². The van der Waals surface area contributed by atoms with Crippen molar-refractivity contribution in [2.24, 2.45) is 0 Å². The third-order valence-electron chi connectivity index (χ3n) is 4.60. The van der Waals surface area contributed by atoms with Gasteiger partial charge in [0.1, 0.15) is 5.78 Å². The summed E-state index contributed by atoms with van der Waals surface area (Å²) >= 11 is 0. The molecule has 0 aromatic heterocycles. The molecule has 1 amide bonds. The average Bonchev–Trinajstić information content (AvgIpc) is 2.49. The van der Waals surface area contributed by atoms with Crippen molar-refractivity contribution >= 4 is 11.7 Å². The quantitative estimate of drug-likeness (QED) is 0.770. The standard InChI is InChI=1S/C16H28N2O3/c1-3-14(20)12-17-8-4-15(5-9-17)21-16-6-10-18(11-7-16)13(2)19/h15-16H,3-12H2,1-2H3. The van der Waals surface area contributed by atoms with E-state index in [1.54, 1.807) is 6.92 Å². The van der Waals surface area contributed by atoms with E-state index in [1.165, 1.54) is 0 Å². The fourth-order valence-corrected chi connectivity index (χ4v) is 3.14. The molecule has 21 heavy (non-hydrogen) atoms. The second-order valence-electron chi connectivity index (χ2n) is 6.21. The van der Waals surface area contributed by atoms with Crippen LogP contribution in [0.5, 0.6) is 0 Å². The minimum atomic E-state index is 0.169. The van der Waals surface area contributed by atoms with E-state index in [2.05, 4.69) is 4.90 Å². The maximum atomic E-state index is 11.5. The third kappa shape index (κ3) is 5.08. The minimum Gasteiger partial charge on any atom is -0.375 e. The zero-order valence-electron chi connectivity index (χ0n) is 13.3. The number of rotatable bonds is 5. The molecule has 0 aliphatic carbocycles. The van der Waals surface area contributed by atoms with E-state index < -0.39 is 0 Å². The monoisotopic (exact) mass is 296 g/mol. The molecule has 0 N–H and O–H groups in total. The zero-order valence-corrected chi connectivity index (χ0v) is 13.3. The SMILES string of the molecule is CCC(=O)CN1CCC(OC2CCN(C(C)=O)CC2)CC1. The molecule has 0 radical (unpaired) electrons. The molecular weight excluding hydrogens is 268 g/mol. The van der Waals surface area contributed by atoms with Gasteiger partial charge in [-0.2, -0.15) is 0 Å². The van der Waals surface area contributed by atoms with Crippen LogP contribution in [0.3, 0.4) is 0 Å². The van der Waals surface area contributed by atoms with Gasteiger partial charge in [0.25, 0.3) is 0 Å². The largest absolute Gasteiger partial charge is 0.375 e. The Balaban J connectivity index is 1.65. The van der Waals surface area contributed by atoms with E-state index in [-0.39, 0.29) is 5.91 Å². The Kier molecular flexibility index (Phi) is 6.18. The van der Waals surface area contributed by atoms with Gasteiger partial charge < -0.3 is 9.64 Å². The molecule has 2 heterocycles. The molecule has 0 aromatic carbocycles. The molecule has 0 aromatic rings. The lowest BCUT2D eigenvalue weighted by atomic mass is 10.0. The lowest BCUT2D eigenvalue weighted by molar-refractivity contribution is -0.133. The number of piperidine rings is 2. The van der Waals surface area contributed by atoms with Crippen molar-refractivity contribution < 1.29 is 14.3 Å². The van der Waals surface area contributed by atoms with E-state index in [9.17, 15) is 9.59 Å². The van der Waals surface area contributed by atoms with Crippen LogP contribution in [0.15, 0.2) is 0 Å². The van der Waals surface area contributed by atoms with Crippen LogP contribution in [-0.4, -0.2) is 66.4 Å². The van der Waals surface area contributed by atoms with Crippen molar-refractivity contribution in [1.29, 1.82) is 0 Å². The predicted molar refractivity (Wildman–Crippen MR) is 81.1 cm³/mol. The van der Waals surface area contributed by atoms with Gasteiger partial charge in [-0.3, -0.25) is 14.5 Å². The maximum Gasteiger partial charge on any atom is 0.219 e. The van der Waals surface area contributed by atoms with E-state index in [0.29, 0.717) is 31.0 Å². The molecule has 0 spiro atoms. The van der Waals surface area contributed by atoms with Crippen LogP contribution in [-0.2, 0) is 14.3 Å². The Morgan fingerprint density at radius 3 is 2.00 bits per heavy atom. The van der Waals surface area contributed by atoms with Gasteiger partial charge in [-0.25, -0.2) is 0 Å². The molecule has 2 fully saturated rings. The number of likely N-dealkylation sites (tertiary alicyclic amines) is 2. The van der Waals surface area contributed by atoms with E-state index in [1.807, 2.05) is 11.8 Å². The summed E-state index contributed by atoms with van der Waals surface area (Å²) in [7, 11) is 0. The first-order valence-electron chi connectivity index (χ1n) is 8.23. The molecule has 2 rings (SSSR count). The highest BCUT2D eigenvalue weighted by molar-refractivity contribution is 5.80. The second-order valence-corrected chi connectivity index (χ2v) is 6.21. The van der Waals surface area contributed by atoms with Gasteiger partial charge in [0.05, 0.1) is 18.8 Å². The molecule has 2 aliphatic heterocycles. The summed E-state index contributed by atoms with van der Waals surface area (Å²) < 4.78 is 6.19. The Morgan fingerprint density at radius 2 is 1.52 bits per heavy atom. The molecule has 120 valence electrons. The zero-order chi connectivity index (χ0) is 15.2. The summed E-state index contributed by atoms with van der Waals surface area (Å²) in [6.45, 7) is 7.72. The average molecular weight is 296 g/mol. The Hall–Kier alpha value is -0.940. The summed E-state index contributed by atoms with van der Waals surface area (Å²) in [5, 5.41) is 0. The number of hydrogen-bond acceptors (Lipinski definition) is 4. The van der Waals surface area contributed by atoms with Gasteiger partial charge in [0.2, 0.25) is 5.91 Å². The van der Waals surface area contributed by atoms with Gasteiger partial charge in [-0.05, 0) is 25.7 Å². The fourth-order valence-electron chi connectivity index (χ4n) is 3.14. The summed E-state index contributed by atoms with van der Waals surface area (Å²) in [6.07, 6.45) is 5.20. The van der Waals surface area contributed by atoms with Crippen LogP contribution in [0, 0.1) is 0 Å². The molecule has 0 unspecified atom stereocenters. The number of carbonyl (C=O) groups is 2. The second kappa shape index (κ2) is 7.90. The Bertz CT molecular complexity index is 357. The first-order chi connectivity index (χ1) is 10.1. The van der Waals surface area contributed by atoms with Crippen molar-refractivity contribution in [3.05, 3.63) is 0 Å². The highest BCUT2D eigenvalue weighted by atomic mass is 16.5. The molecule has 2 aliphatic rings. The molecular formula is C16H28N2O3. The van der Waals surface area contributed by atoms with Gasteiger partial charge in [0, 0.05) is 39.5 Å². The van der Waals surface area contributed by atoms with Crippen molar-refractivity contribution in [2.75, 3.05) is 32.7 Å². The number of amides is 1. The van der Waals surface area contributed by atoms with Crippen LogP contribution in [0.2, 0.25) is 0 Å². The smallest absolute Gasteiger partial charge is 0.219 e. The van der Waals surface area contributed by atoms with Crippen LogP contribution in [0.4, 0.5) is 0 Å². The Morgan fingerprint density at radius 1 is 1.00 bits per heavy atom. The number of carbonyl (C=O) groups excluding carboxylic acids is 2. The normalized spacial score (nSPS) is 22.5. The van der Waals surface area contributed by atoms with E-state index in [0.717, 1.165) is 51.9 Å². The van der Waals surface area contributed by atoms with Crippen molar-refractivity contribution in [3.63, 3.8) is 0 Å². The molecule has 2 saturated heterocycles. The van der Waals surface area contributed by atoms with Crippen molar-refractivity contribution in [3.8, 4) is 0 Å². The fraction of sp³-hybridized carbons (Fsp3) is 0.875. The van der Waals surface area contributed by atoms with Crippen LogP contribution in [0.1, 0.15) is 46.0 Å². The van der Waals surface area contributed by atoms with Gasteiger partial charge >= 0.3 is 0 Å². The third-order valence-corrected chi connectivity index (χ3v) is 4.60. The highest BCUT2D eigenvalue weighted by Crippen LogP contribution is 2.21. The summed E-state index contributed by atoms with van der Waals surface area (Å²) in [6, 6.07) is 0. The molecule has 0 saturated carbocycles. The summed E-state index contributed by atoms with van der Waals surface area (Å²) in [5.74, 6) is 0.494. The van der Waals surface area contributed by atoms with Crippen LogP contribution < -0.4 is 0 Å². The molecule has 5 nitrogen and oxygen atoms in total. The van der Waals surface area contributed by atoms with Crippen molar-refractivity contribution in [2.45, 2.75) is 58.2 Å².